The van der Waals surface area contributed by atoms with Gasteiger partial charge in [-0.05, 0) is 30.2 Å². The third-order valence-corrected chi connectivity index (χ3v) is 4.14. The summed E-state index contributed by atoms with van der Waals surface area (Å²) in [7, 11) is 0. The molecule has 0 aromatic heterocycles. The molecule has 0 unspecified atom stereocenters. The number of carbonyl (C=O) groups is 2. The normalized spacial score (nSPS) is 15.3. The first-order valence-electron chi connectivity index (χ1n) is 8.75. The van der Waals surface area contributed by atoms with Crippen LogP contribution in [0.15, 0.2) is 72.3 Å². The predicted octanol–water partition coefficient (Wildman–Crippen LogP) is 3.38. The van der Waals surface area contributed by atoms with Crippen molar-refractivity contribution in [2.45, 2.75) is 6.92 Å². The smallest absolute Gasteiger partial charge is 0.325 e. The molecule has 0 aliphatic carbocycles. The minimum absolute atomic E-state index is 0.0510. The molecule has 1 aliphatic rings. The largest absolute Gasteiger partial charge is 0.488 e. The molecule has 1 heterocycles. The Morgan fingerprint density at radius 3 is 2.59 bits per heavy atom. The third kappa shape index (κ3) is 4.08. The van der Waals surface area contributed by atoms with Gasteiger partial charge >= 0.3 is 5.97 Å². The minimum Gasteiger partial charge on any atom is -0.488 e. The maximum absolute atomic E-state index is 13.3. The number of rotatable bonds is 5. The van der Waals surface area contributed by atoms with Gasteiger partial charge in [0.25, 0.3) is 0 Å². The summed E-state index contributed by atoms with van der Waals surface area (Å²) in [6, 6.07) is 16.5. The van der Waals surface area contributed by atoms with Crippen LogP contribution in [0.4, 0.5) is 0 Å². The van der Waals surface area contributed by atoms with Crippen LogP contribution in [-0.2, 0) is 9.53 Å². The summed E-state index contributed by atoms with van der Waals surface area (Å²) < 4.78 is 10.7. The molecule has 27 heavy (non-hydrogen) atoms. The van der Waals surface area contributed by atoms with Crippen LogP contribution in [0.5, 0.6) is 5.75 Å². The number of hydrogen-bond donors (Lipinski definition) is 1. The summed E-state index contributed by atoms with van der Waals surface area (Å²) >= 11 is 0. The zero-order valence-corrected chi connectivity index (χ0v) is 15.2. The summed E-state index contributed by atoms with van der Waals surface area (Å²) in [4.78, 5) is 25.1. The topological polar surface area (TPSA) is 64.6 Å². The molecule has 5 nitrogen and oxygen atoms in total. The van der Waals surface area contributed by atoms with E-state index >= 15 is 0 Å². The number of Topliss-reactive ketones (excluding diaryl/α,β-unsaturated/α-hetero) is 1. The van der Waals surface area contributed by atoms with E-state index in [1.165, 1.54) is 0 Å². The maximum Gasteiger partial charge on any atom is 0.325 e. The molecule has 138 valence electrons. The Balaban J connectivity index is 2.09. The molecule has 0 fully saturated rings. The average molecular weight is 363 g/mol. The highest BCUT2D eigenvalue weighted by atomic mass is 16.5. The number of ketones is 1. The zero-order valence-electron chi connectivity index (χ0n) is 15.2. The lowest BCUT2D eigenvalue weighted by molar-refractivity contribution is -0.141. The molecule has 2 aromatic carbocycles. The second kappa shape index (κ2) is 8.36. The number of hydrogen-bond acceptors (Lipinski definition) is 5. The molecule has 0 atom stereocenters. The van der Waals surface area contributed by atoms with Gasteiger partial charge in [-0.1, -0.05) is 49.0 Å². The van der Waals surface area contributed by atoms with Crippen molar-refractivity contribution in [3.63, 3.8) is 0 Å². The molecule has 0 bridgehead atoms. The third-order valence-electron chi connectivity index (χ3n) is 4.14. The van der Waals surface area contributed by atoms with E-state index in [2.05, 4.69) is 11.9 Å². The van der Waals surface area contributed by atoms with Gasteiger partial charge in [-0.25, -0.2) is 0 Å². The summed E-state index contributed by atoms with van der Waals surface area (Å²) in [5.41, 5.74) is 2.75. The van der Waals surface area contributed by atoms with Gasteiger partial charge in [0.15, 0.2) is 5.78 Å². The van der Waals surface area contributed by atoms with Gasteiger partial charge in [0.2, 0.25) is 0 Å². The molecular formula is C22H21NO4. The highest BCUT2D eigenvalue weighted by molar-refractivity contribution is 6.17. The van der Waals surface area contributed by atoms with E-state index in [4.69, 9.17) is 9.47 Å². The summed E-state index contributed by atoms with van der Waals surface area (Å²) in [6.45, 7) is 6.22. The van der Waals surface area contributed by atoms with Gasteiger partial charge in [-0.2, -0.15) is 0 Å². The molecule has 5 heteroatoms. The molecular weight excluding hydrogens is 342 g/mol. The zero-order chi connectivity index (χ0) is 19.2. The van der Waals surface area contributed by atoms with Gasteiger partial charge < -0.3 is 14.8 Å². The SMILES string of the molecule is C=C1COc2ccccc2C(=O)/C1=C(\NCC(=O)OCC)c1ccccc1. The molecule has 1 N–H and O–H groups in total. The van der Waals surface area contributed by atoms with Crippen LogP contribution >= 0.6 is 0 Å². The van der Waals surface area contributed by atoms with Crippen molar-refractivity contribution in [2.24, 2.45) is 0 Å². The molecule has 2 aromatic rings. The Morgan fingerprint density at radius 1 is 1.15 bits per heavy atom. The number of ether oxygens (including phenoxy) is 2. The van der Waals surface area contributed by atoms with Crippen molar-refractivity contribution in [1.82, 2.24) is 5.32 Å². The predicted molar refractivity (Wildman–Crippen MR) is 103 cm³/mol. The summed E-state index contributed by atoms with van der Waals surface area (Å²) in [5, 5.41) is 3.08. The quantitative estimate of drug-likeness (QED) is 0.652. The minimum atomic E-state index is -0.394. The van der Waals surface area contributed by atoms with E-state index in [0.717, 1.165) is 5.56 Å². The van der Waals surface area contributed by atoms with E-state index in [9.17, 15) is 9.59 Å². The lowest BCUT2D eigenvalue weighted by Crippen LogP contribution is -2.26. The lowest BCUT2D eigenvalue weighted by atomic mass is 9.93. The molecule has 0 amide bonds. The first kappa shape index (κ1) is 18.5. The van der Waals surface area contributed by atoms with Crippen molar-refractivity contribution < 1.29 is 19.1 Å². The van der Waals surface area contributed by atoms with Crippen LogP contribution in [0.3, 0.4) is 0 Å². The van der Waals surface area contributed by atoms with Crippen molar-refractivity contribution >= 4 is 17.4 Å². The molecule has 1 aliphatic heterocycles. The maximum atomic E-state index is 13.3. The van der Waals surface area contributed by atoms with Crippen LogP contribution in [-0.4, -0.2) is 31.5 Å². The number of fused-ring (bicyclic) bond motifs is 1. The highest BCUT2D eigenvalue weighted by Crippen LogP contribution is 2.32. The van der Waals surface area contributed by atoms with Gasteiger partial charge in [0, 0.05) is 0 Å². The fraction of sp³-hybridized carbons (Fsp3) is 0.182. The Bertz CT molecular complexity index is 900. The van der Waals surface area contributed by atoms with Gasteiger partial charge in [0.1, 0.15) is 18.9 Å². The van der Waals surface area contributed by atoms with Gasteiger partial charge in [-0.15, -0.1) is 0 Å². The summed E-state index contributed by atoms with van der Waals surface area (Å²) in [6.07, 6.45) is 0. The standard InChI is InChI=1S/C22H21NO4/c1-3-26-19(24)13-23-21(16-9-5-4-6-10-16)20-15(2)14-27-18-12-8-7-11-17(18)22(20)25/h4-12,23H,2-3,13-14H2,1H3/b21-20-. The van der Waals surface area contributed by atoms with Crippen molar-refractivity contribution in [3.05, 3.63) is 83.4 Å². The molecule has 3 rings (SSSR count). The van der Waals surface area contributed by atoms with E-state index in [-0.39, 0.29) is 18.9 Å². The number of carbonyl (C=O) groups excluding carboxylic acids is 2. The van der Waals surface area contributed by atoms with Crippen LogP contribution < -0.4 is 10.1 Å². The van der Waals surface area contributed by atoms with Crippen molar-refractivity contribution in [1.29, 1.82) is 0 Å². The second-order valence-electron chi connectivity index (χ2n) is 5.99. The Morgan fingerprint density at radius 2 is 1.85 bits per heavy atom. The number of benzene rings is 2. The molecule has 0 radical (unpaired) electrons. The summed E-state index contributed by atoms with van der Waals surface area (Å²) in [5.74, 6) is -0.0605. The average Bonchev–Trinajstić information content (AvgIpc) is 2.81. The van der Waals surface area contributed by atoms with Gasteiger partial charge in [0.05, 0.1) is 23.4 Å². The van der Waals surface area contributed by atoms with E-state index in [1.807, 2.05) is 36.4 Å². The van der Waals surface area contributed by atoms with Crippen LogP contribution in [0.25, 0.3) is 5.70 Å². The molecule has 0 spiro atoms. The number of esters is 1. The highest BCUT2D eigenvalue weighted by Gasteiger charge is 2.27. The monoisotopic (exact) mass is 363 g/mol. The van der Waals surface area contributed by atoms with Crippen molar-refractivity contribution in [3.8, 4) is 5.75 Å². The molecule has 0 saturated carbocycles. The first-order chi connectivity index (χ1) is 13.1. The van der Waals surface area contributed by atoms with Crippen LogP contribution in [0, 0.1) is 0 Å². The second-order valence-corrected chi connectivity index (χ2v) is 5.99. The number of nitrogens with one attached hydrogen (secondary N) is 1. The lowest BCUT2D eigenvalue weighted by Gasteiger charge is -2.16. The van der Waals surface area contributed by atoms with Crippen LogP contribution in [0.1, 0.15) is 22.8 Å². The van der Waals surface area contributed by atoms with Crippen molar-refractivity contribution in [2.75, 3.05) is 19.8 Å². The van der Waals surface area contributed by atoms with Crippen LogP contribution in [0.2, 0.25) is 0 Å². The fourth-order valence-corrected chi connectivity index (χ4v) is 2.91. The fourth-order valence-electron chi connectivity index (χ4n) is 2.91. The Hall–Kier alpha value is -3.34. The van der Waals surface area contributed by atoms with E-state index in [0.29, 0.717) is 34.8 Å². The van der Waals surface area contributed by atoms with Gasteiger partial charge in [-0.3, -0.25) is 9.59 Å². The van der Waals surface area contributed by atoms with E-state index in [1.54, 1.807) is 25.1 Å². The van der Waals surface area contributed by atoms with E-state index < -0.39 is 5.97 Å². The first-order valence-corrected chi connectivity index (χ1v) is 8.75. The Kier molecular flexibility index (Phi) is 5.71. The molecule has 0 saturated heterocycles. The Labute approximate surface area is 158 Å². The number of para-hydroxylation sites is 1.